The number of hydrogen-bond donors (Lipinski definition) is 1. The van der Waals surface area contributed by atoms with Gasteiger partial charge in [0.1, 0.15) is 5.69 Å². The minimum absolute atomic E-state index is 0.206. The zero-order valence-electron chi connectivity index (χ0n) is 14.9. The number of halogens is 1. The summed E-state index contributed by atoms with van der Waals surface area (Å²) in [5, 5.41) is 3.54. The second-order valence-electron chi connectivity index (χ2n) is 6.56. The van der Waals surface area contributed by atoms with E-state index in [1.54, 1.807) is 6.20 Å². The highest BCUT2D eigenvalue weighted by Crippen LogP contribution is 2.33. The summed E-state index contributed by atoms with van der Waals surface area (Å²) in [6, 6.07) is 19.7. The van der Waals surface area contributed by atoms with Crippen LogP contribution in [0.3, 0.4) is 0 Å². The van der Waals surface area contributed by atoms with E-state index in [2.05, 4.69) is 39.5 Å². The zero-order chi connectivity index (χ0) is 18.6. The van der Waals surface area contributed by atoms with E-state index in [9.17, 15) is 4.79 Å². The summed E-state index contributed by atoms with van der Waals surface area (Å²) in [5.74, 6) is -0.206. The van der Waals surface area contributed by atoms with Crippen LogP contribution in [0.2, 0.25) is 5.02 Å². The number of nitrogens with one attached hydrogen (secondary N) is 1. The van der Waals surface area contributed by atoms with E-state index in [1.165, 1.54) is 11.3 Å². The number of benzene rings is 2. The van der Waals surface area contributed by atoms with Gasteiger partial charge in [-0.25, -0.2) is 0 Å². The molecule has 4 nitrogen and oxygen atoms in total. The fourth-order valence-electron chi connectivity index (χ4n) is 3.42. The molecule has 1 amide bonds. The van der Waals surface area contributed by atoms with Gasteiger partial charge < -0.3 is 10.2 Å². The molecule has 0 saturated carbocycles. The zero-order valence-corrected chi connectivity index (χ0v) is 15.6. The molecule has 1 aromatic heterocycles. The lowest BCUT2D eigenvalue weighted by molar-refractivity contribution is 0.0946. The molecule has 0 unspecified atom stereocenters. The van der Waals surface area contributed by atoms with E-state index < -0.39 is 0 Å². The summed E-state index contributed by atoms with van der Waals surface area (Å²) >= 11 is 6.15. The van der Waals surface area contributed by atoms with Gasteiger partial charge in [0, 0.05) is 35.7 Å². The molecule has 0 spiro atoms. The second kappa shape index (κ2) is 7.80. The van der Waals surface area contributed by atoms with Gasteiger partial charge in [0.2, 0.25) is 0 Å². The lowest BCUT2D eigenvalue weighted by Gasteiger charge is -2.31. The van der Waals surface area contributed by atoms with Crippen molar-refractivity contribution >= 4 is 28.9 Å². The summed E-state index contributed by atoms with van der Waals surface area (Å²) in [5.41, 5.74) is 4.82. The van der Waals surface area contributed by atoms with Crippen LogP contribution in [0.15, 0.2) is 66.9 Å². The molecule has 0 aliphatic carbocycles. The van der Waals surface area contributed by atoms with Crippen molar-refractivity contribution in [1.82, 2.24) is 10.3 Å². The number of aromatic nitrogens is 1. The fraction of sp³-hybridized carbons (Fsp3) is 0.182. The van der Waals surface area contributed by atoms with Crippen LogP contribution in [0, 0.1) is 0 Å². The maximum absolute atomic E-state index is 12.6. The highest BCUT2D eigenvalue weighted by molar-refractivity contribution is 6.31. The van der Waals surface area contributed by atoms with Crippen molar-refractivity contribution in [1.29, 1.82) is 0 Å². The fourth-order valence-corrected chi connectivity index (χ4v) is 3.62. The molecule has 136 valence electrons. The Morgan fingerprint density at radius 1 is 1.11 bits per heavy atom. The first kappa shape index (κ1) is 17.6. The maximum atomic E-state index is 12.6. The van der Waals surface area contributed by atoms with E-state index in [4.69, 9.17) is 11.6 Å². The van der Waals surface area contributed by atoms with Gasteiger partial charge >= 0.3 is 0 Å². The summed E-state index contributed by atoms with van der Waals surface area (Å²) in [4.78, 5) is 19.1. The van der Waals surface area contributed by atoms with Crippen molar-refractivity contribution in [3.63, 3.8) is 0 Å². The van der Waals surface area contributed by atoms with Gasteiger partial charge in [-0.3, -0.25) is 9.78 Å². The monoisotopic (exact) mass is 377 g/mol. The minimum Gasteiger partial charge on any atom is -0.347 e. The standard InChI is InChI=1S/C22H20ClN3O/c23-19-9-3-1-7-17(19)15-25-22(27)20-14-18(11-12-24-20)26-13-5-8-16-6-2-4-10-21(16)26/h1-4,6-7,9-12,14H,5,8,13,15H2,(H,25,27). The largest absolute Gasteiger partial charge is 0.347 e. The van der Waals surface area contributed by atoms with E-state index >= 15 is 0 Å². The van der Waals surface area contributed by atoms with Crippen LogP contribution in [0.25, 0.3) is 0 Å². The molecule has 4 rings (SSSR count). The Morgan fingerprint density at radius 3 is 2.81 bits per heavy atom. The van der Waals surface area contributed by atoms with Crippen LogP contribution in [0.5, 0.6) is 0 Å². The summed E-state index contributed by atoms with van der Waals surface area (Å²) < 4.78 is 0. The first-order chi connectivity index (χ1) is 13.2. The molecule has 0 radical (unpaired) electrons. The Bertz CT molecular complexity index is 973. The smallest absolute Gasteiger partial charge is 0.270 e. The molecule has 1 aliphatic heterocycles. The van der Waals surface area contributed by atoms with Gasteiger partial charge in [-0.1, -0.05) is 48.0 Å². The third-order valence-corrected chi connectivity index (χ3v) is 5.16. The Labute approximate surface area is 163 Å². The van der Waals surface area contributed by atoms with Crippen LogP contribution in [0.1, 0.15) is 28.0 Å². The third-order valence-electron chi connectivity index (χ3n) is 4.80. The number of carbonyl (C=O) groups excluding carboxylic acids is 1. The molecule has 0 saturated heterocycles. The molecule has 0 bridgehead atoms. The number of para-hydroxylation sites is 1. The van der Waals surface area contributed by atoms with E-state index in [0.717, 1.165) is 30.6 Å². The number of hydrogen-bond acceptors (Lipinski definition) is 3. The van der Waals surface area contributed by atoms with Crippen molar-refractivity contribution in [2.45, 2.75) is 19.4 Å². The van der Waals surface area contributed by atoms with Crippen molar-refractivity contribution in [3.05, 3.63) is 88.7 Å². The highest BCUT2D eigenvalue weighted by Gasteiger charge is 2.19. The molecule has 2 heterocycles. The predicted molar refractivity (Wildman–Crippen MR) is 109 cm³/mol. The van der Waals surface area contributed by atoms with Gasteiger partial charge in [-0.2, -0.15) is 0 Å². The van der Waals surface area contributed by atoms with Crippen LogP contribution >= 0.6 is 11.6 Å². The van der Waals surface area contributed by atoms with Crippen molar-refractivity contribution in [2.75, 3.05) is 11.4 Å². The highest BCUT2D eigenvalue weighted by atomic mass is 35.5. The minimum atomic E-state index is -0.206. The van der Waals surface area contributed by atoms with Crippen molar-refractivity contribution in [2.24, 2.45) is 0 Å². The van der Waals surface area contributed by atoms with Gasteiger partial charge in [0.25, 0.3) is 5.91 Å². The average Bonchev–Trinajstić information content (AvgIpc) is 2.72. The average molecular weight is 378 g/mol. The molecular weight excluding hydrogens is 358 g/mol. The number of carbonyl (C=O) groups is 1. The molecule has 1 aliphatic rings. The number of fused-ring (bicyclic) bond motifs is 1. The van der Waals surface area contributed by atoms with Gasteiger partial charge in [0.15, 0.2) is 0 Å². The Hall–Kier alpha value is -2.85. The van der Waals surface area contributed by atoms with E-state index in [1.807, 2.05) is 36.4 Å². The SMILES string of the molecule is O=C(NCc1ccccc1Cl)c1cc(N2CCCc3ccccc32)ccn1. The van der Waals surface area contributed by atoms with Gasteiger partial charge in [-0.15, -0.1) is 0 Å². The Morgan fingerprint density at radius 2 is 1.93 bits per heavy atom. The normalized spacial score (nSPS) is 13.1. The molecule has 5 heteroatoms. The molecule has 2 aromatic carbocycles. The number of anilines is 2. The maximum Gasteiger partial charge on any atom is 0.270 e. The number of aryl methyl sites for hydroxylation is 1. The number of amides is 1. The quantitative estimate of drug-likeness (QED) is 0.713. The molecule has 3 aromatic rings. The van der Waals surface area contributed by atoms with Crippen molar-refractivity contribution in [3.8, 4) is 0 Å². The molecule has 0 fully saturated rings. The predicted octanol–water partition coefficient (Wildman–Crippen LogP) is 4.75. The molecule has 27 heavy (non-hydrogen) atoms. The van der Waals surface area contributed by atoms with Crippen LogP contribution < -0.4 is 10.2 Å². The molecular formula is C22H20ClN3O. The summed E-state index contributed by atoms with van der Waals surface area (Å²) in [7, 11) is 0. The van der Waals surface area contributed by atoms with E-state index in [-0.39, 0.29) is 5.91 Å². The topological polar surface area (TPSA) is 45.2 Å². The van der Waals surface area contributed by atoms with Crippen LogP contribution in [-0.4, -0.2) is 17.4 Å². The lowest BCUT2D eigenvalue weighted by atomic mass is 10.0. The van der Waals surface area contributed by atoms with Crippen molar-refractivity contribution < 1.29 is 4.79 Å². The van der Waals surface area contributed by atoms with Gasteiger partial charge in [0.05, 0.1) is 0 Å². The summed E-state index contributed by atoms with van der Waals surface area (Å²) in [6.07, 6.45) is 3.87. The Balaban J connectivity index is 1.53. The first-order valence-electron chi connectivity index (χ1n) is 9.05. The number of pyridine rings is 1. The van der Waals surface area contributed by atoms with Crippen LogP contribution in [-0.2, 0) is 13.0 Å². The lowest BCUT2D eigenvalue weighted by Crippen LogP contribution is -2.26. The third kappa shape index (κ3) is 3.81. The number of rotatable bonds is 4. The summed E-state index contributed by atoms with van der Waals surface area (Å²) in [6.45, 7) is 1.30. The van der Waals surface area contributed by atoms with Gasteiger partial charge in [-0.05, 0) is 48.2 Å². The second-order valence-corrected chi connectivity index (χ2v) is 6.96. The molecule has 1 N–H and O–H groups in total. The van der Waals surface area contributed by atoms with Crippen LogP contribution in [0.4, 0.5) is 11.4 Å². The molecule has 0 atom stereocenters. The van der Waals surface area contributed by atoms with E-state index in [0.29, 0.717) is 17.3 Å². The Kier molecular flexibility index (Phi) is 5.07. The number of nitrogens with zero attached hydrogens (tertiary/aromatic N) is 2. The first-order valence-corrected chi connectivity index (χ1v) is 9.43.